The predicted octanol–water partition coefficient (Wildman–Crippen LogP) is 2.45. The van der Waals surface area contributed by atoms with Gasteiger partial charge in [0.25, 0.3) is 0 Å². The summed E-state index contributed by atoms with van der Waals surface area (Å²) in [5.41, 5.74) is 3.03. The highest BCUT2D eigenvalue weighted by Crippen LogP contribution is 2.38. The average Bonchev–Trinajstić information content (AvgIpc) is 3.17. The highest BCUT2D eigenvalue weighted by Gasteiger charge is 2.38. The quantitative estimate of drug-likeness (QED) is 0.944. The van der Waals surface area contributed by atoms with Crippen LogP contribution in [-0.4, -0.2) is 40.9 Å². The van der Waals surface area contributed by atoms with Crippen molar-refractivity contribution in [3.8, 4) is 5.69 Å². The number of rotatable bonds is 3. The molecule has 116 valence electrons. The van der Waals surface area contributed by atoms with E-state index in [9.17, 15) is 0 Å². The Morgan fingerprint density at radius 2 is 1.91 bits per heavy atom. The highest BCUT2D eigenvalue weighted by molar-refractivity contribution is 5.30. The molecule has 22 heavy (non-hydrogen) atoms. The summed E-state index contributed by atoms with van der Waals surface area (Å²) in [5, 5.41) is 8.00. The van der Waals surface area contributed by atoms with E-state index in [0.29, 0.717) is 5.41 Å². The second-order valence-electron chi connectivity index (χ2n) is 6.84. The van der Waals surface area contributed by atoms with Crippen LogP contribution in [0.4, 0.5) is 0 Å². The van der Waals surface area contributed by atoms with Gasteiger partial charge in [-0.05, 0) is 56.4 Å². The number of hydrogen-bond donors (Lipinski definition) is 1. The Hall–Kier alpha value is -1.65. The topological polar surface area (TPSA) is 33.1 Å². The van der Waals surface area contributed by atoms with E-state index in [-0.39, 0.29) is 0 Å². The zero-order valence-electron chi connectivity index (χ0n) is 13.0. The van der Waals surface area contributed by atoms with Gasteiger partial charge in [-0.2, -0.15) is 5.10 Å². The summed E-state index contributed by atoms with van der Waals surface area (Å²) in [5.74, 6) is 0. The molecule has 0 saturated carbocycles. The zero-order valence-corrected chi connectivity index (χ0v) is 13.0. The molecular weight excluding hydrogens is 272 g/mol. The van der Waals surface area contributed by atoms with Crippen LogP contribution in [-0.2, 0) is 6.54 Å². The van der Waals surface area contributed by atoms with E-state index in [2.05, 4.69) is 45.8 Å². The van der Waals surface area contributed by atoms with E-state index in [1.807, 2.05) is 16.9 Å². The minimum Gasteiger partial charge on any atom is -0.317 e. The SMILES string of the molecule is c1ccc(-n2cc(CN3CCC4(CCNCC4)C3)cn2)cc1. The van der Waals surface area contributed by atoms with Gasteiger partial charge in [0.15, 0.2) is 0 Å². The van der Waals surface area contributed by atoms with Crippen molar-refractivity contribution in [3.63, 3.8) is 0 Å². The normalized spacial score (nSPS) is 21.5. The van der Waals surface area contributed by atoms with Gasteiger partial charge in [-0.25, -0.2) is 4.68 Å². The van der Waals surface area contributed by atoms with Crippen molar-refractivity contribution in [2.24, 2.45) is 5.41 Å². The molecule has 0 atom stereocenters. The summed E-state index contributed by atoms with van der Waals surface area (Å²) in [6.45, 7) is 5.91. The number of hydrogen-bond acceptors (Lipinski definition) is 3. The Kier molecular flexibility index (Phi) is 3.72. The summed E-state index contributed by atoms with van der Waals surface area (Å²) >= 11 is 0. The molecule has 2 saturated heterocycles. The fraction of sp³-hybridized carbons (Fsp3) is 0.500. The second kappa shape index (κ2) is 5.86. The summed E-state index contributed by atoms with van der Waals surface area (Å²) < 4.78 is 1.98. The highest BCUT2D eigenvalue weighted by atomic mass is 15.3. The number of likely N-dealkylation sites (tertiary alicyclic amines) is 1. The maximum absolute atomic E-state index is 4.51. The molecule has 0 bridgehead atoms. The minimum absolute atomic E-state index is 0.584. The molecule has 1 aromatic heterocycles. The molecule has 1 N–H and O–H groups in total. The first-order valence-corrected chi connectivity index (χ1v) is 8.35. The number of nitrogens with one attached hydrogen (secondary N) is 1. The monoisotopic (exact) mass is 296 g/mol. The van der Waals surface area contributed by atoms with Crippen molar-refractivity contribution in [1.82, 2.24) is 20.0 Å². The lowest BCUT2D eigenvalue weighted by atomic mass is 9.78. The Balaban J connectivity index is 1.41. The lowest BCUT2D eigenvalue weighted by Crippen LogP contribution is -2.38. The van der Waals surface area contributed by atoms with Crippen LogP contribution in [0.3, 0.4) is 0 Å². The molecule has 4 rings (SSSR count). The van der Waals surface area contributed by atoms with Crippen LogP contribution in [0.1, 0.15) is 24.8 Å². The number of aromatic nitrogens is 2. The molecule has 2 aromatic rings. The lowest BCUT2D eigenvalue weighted by molar-refractivity contribution is 0.194. The minimum atomic E-state index is 0.584. The Bertz CT molecular complexity index is 613. The van der Waals surface area contributed by atoms with E-state index in [4.69, 9.17) is 0 Å². The molecule has 0 aliphatic carbocycles. The maximum Gasteiger partial charge on any atom is 0.0645 e. The Morgan fingerprint density at radius 3 is 2.73 bits per heavy atom. The van der Waals surface area contributed by atoms with Crippen LogP contribution in [0, 0.1) is 5.41 Å². The first-order chi connectivity index (χ1) is 10.8. The molecule has 0 unspecified atom stereocenters. The molecule has 0 amide bonds. The van der Waals surface area contributed by atoms with E-state index < -0.39 is 0 Å². The first-order valence-electron chi connectivity index (χ1n) is 8.35. The van der Waals surface area contributed by atoms with Gasteiger partial charge < -0.3 is 5.32 Å². The lowest BCUT2D eigenvalue weighted by Gasteiger charge is -2.33. The summed E-state index contributed by atoms with van der Waals surface area (Å²) in [6, 6.07) is 10.3. The van der Waals surface area contributed by atoms with Gasteiger partial charge in [-0.15, -0.1) is 0 Å². The van der Waals surface area contributed by atoms with Crippen molar-refractivity contribution in [1.29, 1.82) is 0 Å². The van der Waals surface area contributed by atoms with Crippen molar-refractivity contribution in [2.45, 2.75) is 25.8 Å². The van der Waals surface area contributed by atoms with E-state index in [1.165, 1.54) is 51.0 Å². The molecule has 1 spiro atoms. The molecule has 2 aliphatic heterocycles. The van der Waals surface area contributed by atoms with Gasteiger partial charge in [0.05, 0.1) is 11.9 Å². The van der Waals surface area contributed by atoms with Crippen molar-refractivity contribution >= 4 is 0 Å². The van der Waals surface area contributed by atoms with Gasteiger partial charge in [-0.1, -0.05) is 18.2 Å². The second-order valence-corrected chi connectivity index (χ2v) is 6.84. The summed E-state index contributed by atoms with van der Waals surface area (Å²) in [7, 11) is 0. The fourth-order valence-electron chi connectivity index (χ4n) is 3.95. The van der Waals surface area contributed by atoms with Gasteiger partial charge in [0, 0.05) is 24.8 Å². The van der Waals surface area contributed by atoms with Gasteiger partial charge >= 0.3 is 0 Å². The Labute approximate surface area is 132 Å². The van der Waals surface area contributed by atoms with Gasteiger partial charge in [0.2, 0.25) is 0 Å². The molecule has 2 aliphatic rings. The van der Waals surface area contributed by atoms with Crippen LogP contribution >= 0.6 is 0 Å². The number of benzene rings is 1. The third-order valence-electron chi connectivity index (χ3n) is 5.24. The van der Waals surface area contributed by atoms with Crippen molar-refractivity contribution in [2.75, 3.05) is 26.2 Å². The molecule has 4 nitrogen and oxygen atoms in total. The smallest absolute Gasteiger partial charge is 0.0645 e. The zero-order chi connectivity index (χ0) is 14.8. The fourth-order valence-corrected chi connectivity index (χ4v) is 3.95. The third-order valence-corrected chi connectivity index (χ3v) is 5.24. The molecular formula is C18H24N4. The largest absolute Gasteiger partial charge is 0.317 e. The number of nitrogens with zero attached hydrogens (tertiary/aromatic N) is 3. The molecule has 4 heteroatoms. The van der Waals surface area contributed by atoms with Crippen LogP contribution in [0.15, 0.2) is 42.7 Å². The maximum atomic E-state index is 4.51. The van der Waals surface area contributed by atoms with E-state index >= 15 is 0 Å². The van der Waals surface area contributed by atoms with Crippen molar-refractivity contribution < 1.29 is 0 Å². The molecule has 2 fully saturated rings. The molecule has 1 aromatic carbocycles. The average molecular weight is 296 g/mol. The number of para-hydroxylation sites is 1. The van der Waals surface area contributed by atoms with Crippen LogP contribution in [0.2, 0.25) is 0 Å². The van der Waals surface area contributed by atoms with Crippen LogP contribution in [0.5, 0.6) is 0 Å². The standard InChI is InChI=1S/C18H24N4/c1-2-4-17(5-3-1)22-14-16(12-20-22)13-21-11-8-18(15-21)6-9-19-10-7-18/h1-5,12,14,19H,6-11,13,15H2. The van der Waals surface area contributed by atoms with Gasteiger partial charge in [-0.3, -0.25) is 4.90 Å². The van der Waals surface area contributed by atoms with Crippen molar-refractivity contribution in [3.05, 3.63) is 48.3 Å². The third kappa shape index (κ3) is 2.81. The van der Waals surface area contributed by atoms with E-state index in [1.54, 1.807) is 0 Å². The molecule has 0 radical (unpaired) electrons. The van der Waals surface area contributed by atoms with Gasteiger partial charge in [0.1, 0.15) is 0 Å². The van der Waals surface area contributed by atoms with Crippen LogP contribution < -0.4 is 5.32 Å². The first kappa shape index (κ1) is 14.0. The molecule has 3 heterocycles. The van der Waals surface area contributed by atoms with E-state index in [0.717, 1.165) is 12.2 Å². The predicted molar refractivity (Wildman–Crippen MR) is 88.0 cm³/mol. The van der Waals surface area contributed by atoms with Crippen LogP contribution in [0.25, 0.3) is 5.69 Å². The number of piperidine rings is 1. The summed E-state index contributed by atoms with van der Waals surface area (Å²) in [4.78, 5) is 2.61. The summed E-state index contributed by atoms with van der Waals surface area (Å²) in [6.07, 6.45) is 8.23. The Morgan fingerprint density at radius 1 is 1.09 bits per heavy atom.